The predicted octanol–water partition coefficient (Wildman–Crippen LogP) is 1.96. The van der Waals surface area contributed by atoms with Crippen LogP contribution < -0.4 is 5.32 Å². The Morgan fingerprint density at radius 1 is 1.36 bits per heavy atom. The lowest BCUT2D eigenvalue weighted by Gasteiger charge is -2.33. The van der Waals surface area contributed by atoms with Crippen molar-refractivity contribution in [3.63, 3.8) is 0 Å². The highest BCUT2D eigenvalue weighted by molar-refractivity contribution is 5.94. The Labute approximate surface area is 148 Å². The number of benzene rings is 1. The number of rotatable bonds is 6. The zero-order valence-electron chi connectivity index (χ0n) is 14.9. The zero-order chi connectivity index (χ0) is 17.6. The molecule has 6 nitrogen and oxygen atoms in total. The molecule has 2 heterocycles. The first-order valence-electron chi connectivity index (χ1n) is 8.84. The van der Waals surface area contributed by atoms with E-state index in [1.165, 1.54) is 0 Å². The maximum Gasteiger partial charge on any atom is 0.251 e. The van der Waals surface area contributed by atoms with E-state index < -0.39 is 0 Å². The van der Waals surface area contributed by atoms with Gasteiger partial charge in [0.05, 0.1) is 18.4 Å². The van der Waals surface area contributed by atoms with Crippen molar-refractivity contribution >= 4 is 5.91 Å². The van der Waals surface area contributed by atoms with E-state index in [-0.39, 0.29) is 12.0 Å². The van der Waals surface area contributed by atoms with Crippen LogP contribution in [0, 0.1) is 5.92 Å². The topological polar surface area (TPSA) is 59.4 Å². The molecule has 6 heteroatoms. The van der Waals surface area contributed by atoms with Crippen LogP contribution in [-0.2, 0) is 4.74 Å². The summed E-state index contributed by atoms with van der Waals surface area (Å²) in [6.45, 7) is 8.62. The van der Waals surface area contributed by atoms with Gasteiger partial charge in [0.25, 0.3) is 5.91 Å². The number of ether oxygens (including phenoxy) is 1. The van der Waals surface area contributed by atoms with Crippen LogP contribution in [0.25, 0.3) is 5.69 Å². The number of morpholine rings is 1. The van der Waals surface area contributed by atoms with E-state index in [1.807, 2.05) is 36.5 Å². The molecule has 1 aliphatic heterocycles. The van der Waals surface area contributed by atoms with Crippen LogP contribution in [0.1, 0.15) is 24.2 Å². The quantitative estimate of drug-likeness (QED) is 0.872. The Kier molecular flexibility index (Phi) is 5.83. The summed E-state index contributed by atoms with van der Waals surface area (Å²) in [5, 5.41) is 7.16. The van der Waals surface area contributed by atoms with Crippen molar-refractivity contribution in [1.29, 1.82) is 0 Å². The third-order valence-corrected chi connectivity index (χ3v) is 4.23. The van der Waals surface area contributed by atoms with Crippen LogP contribution in [0.5, 0.6) is 0 Å². The summed E-state index contributed by atoms with van der Waals surface area (Å²) in [5.74, 6) is 0.568. The molecule has 0 radical (unpaired) electrons. The molecule has 1 atom stereocenters. The molecule has 0 aliphatic carbocycles. The molecule has 25 heavy (non-hydrogen) atoms. The highest BCUT2D eigenvalue weighted by Crippen LogP contribution is 2.10. The Balaban J connectivity index is 1.50. The molecule has 0 spiro atoms. The average Bonchev–Trinajstić information content (AvgIpc) is 3.14. The summed E-state index contributed by atoms with van der Waals surface area (Å²) in [6.07, 6.45) is 3.66. The van der Waals surface area contributed by atoms with Gasteiger partial charge in [0.15, 0.2) is 0 Å². The van der Waals surface area contributed by atoms with E-state index in [1.54, 1.807) is 10.9 Å². The summed E-state index contributed by atoms with van der Waals surface area (Å²) in [7, 11) is 0. The van der Waals surface area contributed by atoms with Crippen molar-refractivity contribution < 1.29 is 9.53 Å². The maximum atomic E-state index is 12.3. The van der Waals surface area contributed by atoms with Crippen LogP contribution in [0.2, 0.25) is 0 Å². The van der Waals surface area contributed by atoms with E-state index in [0.717, 1.165) is 31.9 Å². The predicted molar refractivity (Wildman–Crippen MR) is 96.9 cm³/mol. The number of hydrogen-bond acceptors (Lipinski definition) is 4. The summed E-state index contributed by atoms with van der Waals surface area (Å²) < 4.78 is 7.54. The molecule has 0 bridgehead atoms. The minimum absolute atomic E-state index is 0.0554. The van der Waals surface area contributed by atoms with Crippen LogP contribution in [0.15, 0.2) is 42.7 Å². The van der Waals surface area contributed by atoms with E-state index in [2.05, 4.69) is 29.2 Å². The van der Waals surface area contributed by atoms with Crippen LogP contribution >= 0.6 is 0 Å². The number of aromatic nitrogens is 2. The van der Waals surface area contributed by atoms with Gasteiger partial charge < -0.3 is 10.1 Å². The van der Waals surface area contributed by atoms with Crippen molar-refractivity contribution in [3.8, 4) is 5.69 Å². The number of hydrogen-bond donors (Lipinski definition) is 1. The second-order valence-electron chi connectivity index (χ2n) is 6.85. The lowest BCUT2D eigenvalue weighted by Crippen LogP contribution is -2.48. The summed E-state index contributed by atoms with van der Waals surface area (Å²) in [5.41, 5.74) is 1.58. The molecule has 1 unspecified atom stereocenters. The van der Waals surface area contributed by atoms with Crippen molar-refractivity contribution in [2.45, 2.75) is 20.0 Å². The van der Waals surface area contributed by atoms with Crippen LogP contribution in [0.3, 0.4) is 0 Å². The van der Waals surface area contributed by atoms with E-state index in [9.17, 15) is 4.79 Å². The van der Waals surface area contributed by atoms with Gasteiger partial charge in [-0.1, -0.05) is 13.8 Å². The largest absolute Gasteiger partial charge is 0.374 e. The number of nitrogens with zero attached hydrogens (tertiary/aromatic N) is 3. The van der Waals surface area contributed by atoms with Gasteiger partial charge in [-0.3, -0.25) is 9.69 Å². The number of nitrogens with one attached hydrogen (secondary N) is 1. The molecule has 1 amide bonds. The standard InChI is InChI=1S/C19H26N4O2/c1-15(2)13-22-10-11-25-18(14-22)12-20-19(24)16-4-6-17(7-5-16)23-9-3-8-21-23/h3-9,15,18H,10-14H2,1-2H3,(H,20,24). The highest BCUT2D eigenvalue weighted by atomic mass is 16.5. The molecule has 134 valence electrons. The molecule has 1 aromatic carbocycles. The molecule has 3 rings (SSSR count). The van der Waals surface area contributed by atoms with Gasteiger partial charge in [-0.2, -0.15) is 5.10 Å². The van der Waals surface area contributed by atoms with E-state index in [4.69, 9.17) is 4.74 Å². The first-order valence-corrected chi connectivity index (χ1v) is 8.84. The van der Waals surface area contributed by atoms with Crippen molar-refractivity contribution in [2.24, 2.45) is 5.92 Å². The number of carbonyl (C=O) groups excluding carboxylic acids is 1. The fourth-order valence-corrected chi connectivity index (χ4v) is 3.08. The van der Waals surface area contributed by atoms with Gasteiger partial charge in [-0.05, 0) is 36.2 Å². The van der Waals surface area contributed by atoms with E-state index >= 15 is 0 Å². The lowest BCUT2D eigenvalue weighted by atomic mass is 10.1. The van der Waals surface area contributed by atoms with Gasteiger partial charge in [0.2, 0.25) is 0 Å². The molecule has 1 fully saturated rings. The monoisotopic (exact) mass is 342 g/mol. The molecule has 1 aliphatic rings. The number of carbonyl (C=O) groups is 1. The summed E-state index contributed by atoms with van der Waals surface area (Å²) in [4.78, 5) is 14.7. The smallest absolute Gasteiger partial charge is 0.251 e. The second-order valence-corrected chi connectivity index (χ2v) is 6.85. The molecule has 2 aromatic rings. The maximum absolute atomic E-state index is 12.3. The Morgan fingerprint density at radius 2 is 2.16 bits per heavy atom. The Hall–Kier alpha value is -2.18. The van der Waals surface area contributed by atoms with Gasteiger partial charge in [0, 0.05) is 44.1 Å². The molecule has 0 saturated carbocycles. The fourth-order valence-electron chi connectivity index (χ4n) is 3.08. The Bertz CT molecular complexity index is 667. The third-order valence-electron chi connectivity index (χ3n) is 4.23. The SMILES string of the molecule is CC(C)CN1CCOC(CNC(=O)c2ccc(-n3cccn3)cc2)C1. The third kappa shape index (κ3) is 4.90. The fraction of sp³-hybridized carbons (Fsp3) is 0.474. The first kappa shape index (κ1) is 17.6. The minimum atomic E-state index is -0.0726. The highest BCUT2D eigenvalue weighted by Gasteiger charge is 2.21. The van der Waals surface area contributed by atoms with Gasteiger partial charge in [-0.25, -0.2) is 4.68 Å². The van der Waals surface area contributed by atoms with Gasteiger partial charge in [0.1, 0.15) is 0 Å². The van der Waals surface area contributed by atoms with Crippen molar-refractivity contribution in [1.82, 2.24) is 20.0 Å². The van der Waals surface area contributed by atoms with Crippen molar-refractivity contribution in [3.05, 3.63) is 48.3 Å². The average molecular weight is 342 g/mol. The van der Waals surface area contributed by atoms with Gasteiger partial charge in [-0.15, -0.1) is 0 Å². The normalized spacial score (nSPS) is 18.4. The van der Waals surface area contributed by atoms with Crippen LogP contribution in [0.4, 0.5) is 0 Å². The molecule has 1 N–H and O–H groups in total. The molecular formula is C19H26N4O2. The van der Waals surface area contributed by atoms with E-state index in [0.29, 0.717) is 18.0 Å². The second kappa shape index (κ2) is 8.27. The molecular weight excluding hydrogens is 316 g/mol. The first-order chi connectivity index (χ1) is 12.1. The van der Waals surface area contributed by atoms with Crippen LogP contribution in [-0.4, -0.2) is 59.5 Å². The molecule has 1 saturated heterocycles. The minimum Gasteiger partial charge on any atom is -0.374 e. The summed E-state index contributed by atoms with van der Waals surface area (Å²) in [6, 6.07) is 9.29. The van der Waals surface area contributed by atoms with Crippen molar-refractivity contribution in [2.75, 3.05) is 32.8 Å². The van der Waals surface area contributed by atoms with Gasteiger partial charge >= 0.3 is 0 Å². The lowest BCUT2D eigenvalue weighted by molar-refractivity contribution is -0.0295. The number of amides is 1. The Morgan fingerprint density at radius 3 is 2.84 bits per heavy atom. The summed E-state index contributed by atoms with van der Waals surface area (Å²) >= 11 is 0. The molecule has 1 aromatic heterocycles. The zero-order valence-corrected chi connectivity index (χ0v) is 14.9.